The molecule has 0 bridgehead atoms. The maximum absolute atomic E-state index is 5.44. The summed E-state index contributed by atoms with van der Waals surface area (Å²) in [6.07, 6.45) is 0. The molecule has 2 aromatic heterocycles. The lowest BCUT2D eigenvalue weighted by atomic mass is 10.2. The number of nitrogens with zero attached hydrogens (tertiary/aromatic N) is 2. The van der Waals surface area contributed by atoms with Gasteiger partial charge in [0.2, 0.25) is 4.77 Å². The molecule has 0 spiro atoms. The second kappa shape index (κ2) is 7.61. The van der Waals surface area contributed by atoms with Gasteiger partial charge in [-0.05, 0) is 29.0 Å². The molecule has 7 heteroatoms. The summed E-state index contributed by atoms with van der Waals surface area (Å²) in [6, 6.07) is 12.4. The Kier molecular flexibility index (Phi) is 5.07. The van der Waals surface area contributed by atoms with E-state index in [2.05, 4.69) is 39.0 Å². The summed E-state index contributed by atoms with van der Waals surface area (Å²) in [5.41, 5.74) is 2.54. The van der Waals surface area contributed by atoms with Gasteiger partial charge in [0, 0.05) is 11.1 Å². The van der Waals surface area contributed by atoms with E-state index in [4.69, 9.17) is 12.2 Å². The monoisotopic (exact) mass is 373 g/mol. The van der Waals surface area contributed by atoms with Crippen LogP contribution < -0.4 is 9.80 Å². The van der Waals surface area contributed by atoms with Crippen molar-refractivity contribution >= 4 is 23.6 Å². The zero-order chi connectivity index (χ0) is 17.1. The van der Waals surface area contributed by atoms with E-state index >= 15 is 0 Å². The average molecular weight is 374 g/mol. The number of piperazine rings is 1. The highest BCUT2D eigenvalue weighted by Gasteiger charge is 2.23. The van der Waals surface area contributed by atoms with E-state index in [1.165, 1.54) is 31.7 Å². The Morgan fingerprint density at radius 1 is 1.08 bits per heavy atom. The number of hydrogen-bond acceptors (Lipinski definition) is 3. The first-order valence-corrected chi connectivity index (χ1v) is 10.0. The van der Waals surface area contributed by atoms with Gasteiger partial charge in [-0.1, -0.05) is 30.3 Å². The van der Waals surface area contributed by atoms with Crippen LogP contribution in [0, 0.1) is 4.77 Å². The second-order valence-electron chi connectivity index (χ2n) is 6.62. The minimum atomic E-state index is 0.638. The van der Waals surface area contributed by atoms with Gasteiger partial charge >= 0.3 is 0 Å². The fourth-order valence-corrected chi connectivity index (χ4v) is 4.26. The Morgan fingerprint density at radius 2 is 1.84 bits per heavy atom. The highest BCUT2D eigenvalue weighted by atomic mass is 32.1. The molecule has 0 unspecified atom stereocenters. The first-order valence-electron chi connectivity index (χ1n) is 8.68. The lowest BCUT2D eigenvalue weighted by Gasteiger charge is -2.29. The lowest BCUT2D eigenvalue weighted by molar-refractivity contribution is -1.03. The Bertz CT molecular complexity index is 845. The summed E-state index contributed by atoms with van der Waals surface area (Å²) >= 11 is 7.23. The smallest absolute Gasteiger partial charge is 0.221 e. The number of nitrogens with one attached hydrogen (secondary N) is 3. The molecule has 1 saturated heterocycles. The molecule has 25 heavy (non-hydrogen) atoms. The Morgan fingerprint density at radius 3 is 2.56 bits per heavy atom. The minimum absolute atomic E-state index is 0.638. The fourth-order valence-electron chi connectivity index (χ4n) is 3.39. The van der Waals surface area contributed by atoms with Crippen LogP contribution in [0.3, 0.4) is 0 Å². The third-order valence-electron chi connectivity index (χ3n) is 4.81. The first kappa shape index (κ1) is 16.7. The van der Waals surface area contributed by atoms with Crippen LogP contribution in [0.5, 0.6) is 0 Å². The standard InChI is InChI=1S/C18H21N5S2/c24-18-19-17(16-4-2-1-3-5-16)20-23(18)14-22-9-7-21(8-10-22)12-15-6-11-25-13-15/h1-6,11,13H,7-10,12,14H2,(H,19,20,24)/p+2. The highest BCUT2D eigenvalue weighted by Crippen LogP contribution is 2.13. The van der Waals surface area contributed by atoms with Crippen LogP contribution in [-0.2, 0) is 13.2 Å². The number of thiophene rings is 1. The summed E-state index contributed by atoms with van der Waals surface area (Å²) in [6.45, 7) is 6.76. The maximum Gasteiger partial charge on any atom is 0.221 e. The number of quaternary nitrogens is 2. The summed E-state index contributed by atoms with van der Waals surface area (Å²) in [5, 5.41) is 7.80. The lowest BCUT2D eigenvalue weighted by Crippen LogP contribution is -3.27. The van der Waals surface area contributed by atoms with Gasteiger partial charge in [0.05, 0.1) is 0 Å². The van der Waals surface area contributed by atoms with Crippen LogP contribution >= 0.6 is 23.6 Å². The van der Waals surface area contributed by atoms with E-state index in [1.807, 2.05) is 22.9 Å². The molecule has 3 aromatic rings. The molecule has 1 aliphatic heterocycles. The number of hydrogen-bond donors (Lipinski definition) is 3. The molecule has 1 aliphatic rings. The van der Waals surface area contributed by atoms with Crippen molar-refractivity contribution in [2.45, 2.75) is 13.2 Å². The molecule has 0 radical (unpaired) electrons. The number of aromatic nitrogens is 3. The van der Waals surface area contributed by atoms with Gasteiger partial charge in [-0.25, -0.2) is 4.68 Å². The van der Waals surface area contributed by atoms with Gasteiger partial charge in [0.15, 0.2) is 12.5 Å². The third-order valence-corrected chi connectivity index (χ3v) is 5.85. The highest BCUT2D eigenvalue weighted by molar-refractivity contribution is 7.71. The van der Waals surface area contributed by atoms with Crippen molar-refractivity contribution in [3.05, 3.63) is 57.5 Å². The first-order chi connectivity index (χ1) is 12.3. The minimum Gasteiger partial charge on any atom is -0.322 e. The number of rotatable bonds is 5. The van der Waals surface area contributed by atoms with Gasteiger partial charge < -0.3 is 9.80 Å². The van der Waals surface area contributed by atoms with Crippen LogP contribution in [-0.4, -0.2) is 40.9 Å². The van der Waals surface area contributed by atoms with Crippen LogP contribution in [0.25, 0.3) is 11.4 Å². The van der Waals surface area contributed by atoms with Gasteiger partial charge in [-0.15, -0.1) is 0 Å². The molecule has 1 fully saturated rings. The maximum atomic E-state index is 5.44. The summed E-state index contributed by atoms with van der Waals surface area (Å²) < 4.78 is 2.65. The van der Waals surface area contributed by atoms with Crippen molar-refractivity contribution in [2.24, 2.45) is 0 Å². The molecule has 0 atom stereocenters. The van der Waals surface area contributed by atoms with E-state index in [-0.39, 0.29) is 0 Å². The molecule has 1 aromatic carbocycles. The molecular formula is C18H23N5S2+2. The number of aromatic amines is 1. The van der Waals surface area contributed by atoms with Crippen molar-refractivity contribution in [3.63, 3.8) is 0 Å². The summed E-state index contributed by atoms with van der Waals surface area (Å²) in [7, 11) is 0. The average Bonchev–Trinajstić information content (AvgIpc) is 3.28. The quantitative estimate of drug-likeness (QED) is 0.574. The number of H-pyrrole nitrogens is 1. The van der Waals surface area contributed by atoms with Crippen molar-refractivity contribution in [1.29, 1.82) is 0 Å². The van der Waals surface area contributed by atoms with Crippen LogP contribution in [0.4, 0.5) is 0 Å². The Balaban J connectivity index is 1.36. The Hall–Kier alpha value is -1.80. The summed E-state index contributed by atoms with van der Waals surface area (Å²) in [5.74, 6) is 0.853. The van der Waals surface area contributed by atoms with Gasteiger partial charge in [-0.2, -0.15) is 16.3 Å². The van der Waals surface area contributed by atoms with E-state index in [0.717, 1.165) is 24.6 Å². The van der Waals surface area contributed by atoms with Gasteiger partial charge in [0.25, 0.3) is 0 Å². The van der Waals surface area contributed by atoms with Crippen LogP contribution in [0.2, 0.25) is 0 Å². The van der Waals surface area contributed by atoms with E-state index < -0.39 is 0 Å². The van der Waals surface area contributed by atoms with Gasteiger partial charge in [0.1, 0.15) is 32.7 Å². The Labute approximate surface area is 156 Å². The topological polar surface area (TPSA) is 42.5 Å². The normalized spacial score (nSPS) is 20.6. The zero-order valence-electron chi connectivity index (χ0n) is 14.1. The molecule has 4 rings (SSSR count). The van der Waals surface area contributed by atoms with E-state index in [0.29, 0.717) is 4.77 Å². The number of benzene rings is 1. The van der Waals surface area contributed by atoms with E-state index in [9.17, 15) is 0 Å². The zero-order valence-corrected chi connectivity index (χ0v) is 15.7. The molecule has 5 nitrogen and oxygen atoms in total. The predicted molar refractivity (Wildman–Crippen MR) is 102 cm³/mol. The van der Waals surface area contributed by atoms with Gasteiger partial charge in [-0.3, -0.25) is 5.10 Å². The molecular weight excluding hydrogens is 350 g/mol. The van der Waals surface area contributed by atoms with E-state index in [1.54, 1.807) is 21.1 Å². The van der Waals surface area contributed by atoms with Crippen LogP contribution in [0.1, 0.15) is 5.56 Å². The molecule has 3 N–H and O–H groups in total. The second-order valence-corrected chi connectivity index (χ2v) is 7.76. The van der Waals surface area contributed by atoms with Crippen LogP contribution in [0.15, 0.2) is 47.2 Å². The summed E-state index contributed by atoms with van der Waals surface area (Å²) in [4.78, 5) is 7.76. The van der Waals surface area contributed by atoms with Crippen molar-refractivity contribution in [1.82, 2.24) is 14.8 Å². The van der Waals surface area contributed by atoms with Crippen molar-refractivity contribution < 1.29 is 9.80 Å². The molecule has 0 aliphatic carbocycles. The largest absolute Gasteiger partial charge is 0.322 e. The fraction of sp³-hybridized carbons (Fsp3) is 0.333. The SMILES string of the molecule is S=c1nc(-c2ccccc2)[nH]n1C[NH+]1CC[NH+](Cc2ccsc2)CC1. The third kappa shape index (κ3) is 4.07. The molecule has 3 heterocycles. The van der Waals surface area contributed by atoms with Crippen molar-refractivity contribution in [3.8, 4) is 11.4 Å². The molecule has 130 valence electrons. The molecule has 0 amide bonds. The predicted octanol–water partition coefficient (Wildman–Crippen LogP) is 0.610. The molecule has 0 saturated carbocycles. The van der Waals surface area contributed by atoms with Crippen molar-refractivity contribution in [2.75, 3.05) is 26.2 Å².